The highest BCUT2D eigenvalue weighted by Crippen LogP contribution is 2.34. The zero-order chi connectivity index (χ0) is 31.0. The van der Waals surface area contributed by atoms with Crippen LogP contribution in [-0.2, 0) is 24.2 Å². The summed E-state index contributed by atoms with van der Waals surface area (Å²) in [5.41, 5.74) is 9.77. The fourth-order valence-electron chi connectivity index (χ4n) is 5.75. The molecular formula is C37H40N6O2. The molecule has 5 aromatic rings. The zero-order valence-electron chi connectivity index (χ0n) is 26.0. The first-order valence-corrected chi connectivity index (χ1v) is 15.7. The van der Waals surface area contributed by atoms with Crippen LogP contribution in [0, 0.1) is 0 Å². The Hall–Kier alpha value is -4.66. The van der Waals surface area contributed by atoms with E-state index in [2.05, 4.69) is 81.0 Å². The van der Waals surface area contributed by atoms with E-state index < -0.39 is 0 Å². The Morgan fingerprint density at radius 3 is 2.36 bits per heavy atom. The summed E-state index contributed by atoms with van der Waals surface area (Å²) >= 11 is 0. The summed E-state index contributed by atoms with van der Waals surface area (Å²) < 4.78 is 1.72. The lowest BCUT2D eigenvalue weighted by Gasteiger charge is -2.29. The number of hydrogen-bond donors (Lipinski definition) is 1. The minimum Gasteiger partial charge on any atom is -0.394 e. The number of nitrogens with zero attached hydrogens (tertiary/aromatic N) is 6. The molecule has 0 saturated carbocycles. The number of aliphatic hydroxyl groups is 1. The van der Waals surface area contributed by atoms with Crippen LogP contribution in [0.5, 0.6) is 0 Å². The molecule has 1 aliphatic heterocycles. The van der Waals surface area contributed by atoms with Crippen molar-refractivity contribution in [2.45, 2.75) is 51.8 Å². The molecule has 8 nitrogen and oxygen atoms in total. The van der Waals surface area contributed by atoms with Crippen molar-refractivity contribution in [2.75, 3.05) is 19.7 Å². The van der Waals surface area contributed by atoms with E-state index in [1.807, 2.05) is 56.4 Å². The Kier molecular flexibility index (Phi) is 9.73. The van der Waals surface area contributed by atoms with E-state index in [1.54, 1.807) is 4.68 Å². The Morgan fingerprint density at radius 2 is 1.64 bits per heavy atom. The van der Waals surface area contributed by atoms with E-state index in [0.717, 1.165) is 55.0 Å². The largest absolute Gasteiger partial charge is 0.394 e. The first kappa shape index (κ1) is 30.4. The molecule has 0 bridgehead atoms. The van der Waals surface area contributed by atoms with Crippen LogP contribution in [0.1, 0.15) is 54.9 Å². The van der Waals surface area contributed by atoms with Crippen molar-refractivity contribution < 1.29 is 9.94 Å². The van der Waals surface area contributed by atoms with E-state index >= 15 is 0 Å². The predicted molar refractivity (Wildman–Crippen MR) is 178 cm³/mol. The van der Waals surface area contributed by atoms with Crippen molar-refractivity contribution in [2.24, 2.45) is 5.16 Å². The van der Waals surface area contributed by atoms with Crippen LogP contribution in [0.15, 0.2) is 108 Å². The number of pyridine rings is 1. The Labute approximate surface area is 265 Å². The minimum absolute atomic E-state index is 0.0248. The van der Waals surface area contributed by atoms with Crippen LogP contribution in [0.3, 0.4) is 0 Å². The highest BCUT2D eigenvalue weighted by atomic mass is 16.6. The smallest absolute Gasteiger partial charge is 0.169 e. The molecule has 3 heterocycles. The van der Waals surface area contributed by atoms with Gasteiger partial charge < -0.3 is 9.94 Å². The van der Waals surface area contributed by atoms with Gasteiger partial charge in [0.05, 0.1) is 30.3 Å². The fourth-order valence-corrected chi connectivity index (χ4v) is 5.75. The second-order valence-corrected chi connectivity index (χ2v) is 11.7. The van der Waals surface area contributed by atoms with Gasteiger partial charge in [-0.05, 0) is 43.0 Å². The van der Waals surface area contributed by atoms with Crippen molar-refractivity contribution in [3.63, 3.8) is 0 Å². The lowest BCUT2D eigenvalue weighted by atomic mass is 9.94. The maximum absolute atomic E-state index is 9.96. The predicted octanol–water partition coefficient (Wildman–Crippen LogP) is 6.69. The molecule has 45 heavy (non-hydrogen) atoms. The van der Waals surface area contributed by atoms with Crippen molar-refractivity contribution in [1.29, 1.82) is 0 Å². The fraction of sp³-hybridized carbons (Fsp3) is 0.297. The number of hydrogen-bond acceptors (Lipinski definition) is 7. The van der Waals surface area contributed by atoms with E-state index in [-0.39, 0.29) is 18.8 Å². The van der Waals surface area contributed by atoms with E-state index in [0.29, 0.717) is 12.1 Å². The SMILES string of the molecule is C/C(CCN1CCc2nc(-c3ccccc3)c(-c3ccccc3)cc2C1)=N\O[C@H](C)c1cn([C@H](CO)Cc2ccccc2)nn1. The Balaban J connectivity index is 1.06. The number of benzene rings is 3. The maximum Gasteiger partial charge on any atom is 0.169 e. The molecule has 0 aliphatic carbocycles. The Bertz CT molecular complexity index is 1710. The van der Waals surface area contributed by atoms with Crippen LogP contribution in [0.2, 0.25) is 0 Å². The first-order valence-electron chi connectivity index (χ1n) is 15.7. The third-order valence-electron chi connectivity index (χ3n) is 8.38. The van der Waals surface area contributed by atoms with Gasteiger partial charge in [-0.2, -0.15) is 0 Å². The van der Waals surface area contributed by atoms with Gasteiger partial charge in [-0.15, -0.1) is 5.10 Å². The number of aliphatic hydroxyl groups excluding tert-OH is 1. The van der Waals surface area contributed by atoms with E-state index in [9.17, 15) is 5.11 Å². The van der Waals surface area contributed by atoms with Crippen LogP contribution in [0.4, 0.5) is 0 Å². The van der Waals surface area contributed by atoms with Crippen molar-refractivity contribution >= 4 is 5.71 Å². The number of fused-ring (bicyclic) bond motifs is 1. The van der Waals surface area contributed by atoms with Gasteiger partial charge in [0.15, 0.2) is 6.10 Å². The molecule has 8 heteroatoms. The van der Waals surface area contributed by atoms with E-state index in [4.69, 9.17) is 9.82 Å². The van der Waals surface area contributed by atoms with Crippen molar-refractivity contribution in [1.82, 2.24) is 24.9 Å². The molecule has 230 valence electrons. The van der Waals surface area contributed by atoms with Crippen molar-refractivity contribution in [3.8, 4) is 22.4 Å². The third-order valence-corrected chi connectivity index (χ3v) is 8.38. The summed E-state index contributed by atoms with van der Waals surface area (Å²) in [7, 11) is 0. The number of aromatic nitrogens is 4. The third kappa shape index (κ3) is 7.53. The molecule has 0 amide bonds. The summed E-state index contributed by atoms with van der Waals surface area (Å²) in [6.07, 6.45) is 3.88. The van der Waals surface area contributed by atoms with Gasteiger partial charge in [-0.25, -0.2) is 4.68 Å². The van der Waals surface area contributed by atoms with Gasteiger partial charge in [0, 0.05) is 49.3 Å². The second kappa shape index (κ2) is 14.4. The van der Waals surface area contributed by atoms with Crippen LogP contribution >= 0.6 is 0 Å². The highest BCUT2D eigenvalue weighted by Gasteiger charge is 2.22. The summed E-state index contributed by atoms with van der Waals surface area (Å²) in [5, 5.41) is 22.9. The molecule has 3 aromatic carbocycles. The molecule has 0 unspecified atom stereocenters. The lowest BCUT2D eigenvalue weighted by molar-refractivity contribution is 0.0683. The molecule has 0 radical (unpaired) electrons. The Morgan fingerprint density at radius 1 is 0.956 bits per heavy atom. The number of rotatable bonds is 12. The zero-order valence-corrected chi connectivity index (χ0v) is 26.0. The van der Waals surface area contributed by atoms with Crippen molar-refractivity contribution in [3.05, 3.63) is 126 Å². The quantitative estimate of drug-likeness (QED) is 0.127. The molecule has 6 rings (SSSR count). The van der Waals surface area contributed by atoms with Gasteiger partial charge in [0.2, 0.25) is 0 Å². The molecule has 0 spiro atoms. The lowest BCUT2D eigenvalue weighted by Crippen LogP contribution is -2.32. The molecule has 0 fully saturated rings. The molecule has 1 aliphatic rings. The van der Waals surface area contributed by atoms with E-state index in [1.165, 1.54) is 22.4 Å². The van der Waals surface area contributed by atoms with Gasteiger partial charge in [0.1, 0.15) is 5.69 Å². The van der Waals surface area contributed by atoms with Crippen LogP contribution in [0.25, 0.3) is 22.4 Å². The van der Waals surface area contributed by atoms with Gasteiger partial charge in [-0.1, -0.05) is 101 Å². The van der Waals surface area contributed by atoms with Gasteiger partial charge in [-0.3, -0.25) is 9.88 Å². The average molecular weight is 601 g/mol. The monoisotopic (exact) mass is 600 g/mol. The maximum atomic E-state index is 9.96. The van der Waals surface area contributed by atoms with Crippen LogP contribution < -0.4 is 0 Å². The average Bonchev–Trinajstić information content (AvgIpc) is 3.59. The molecule has 1 N–H and O–H groups in total. The molecule has 0 saturated heterocycles. The minimum atomic E-state index is -0.354. The van der Waals surface area contributed by atoms with Gasteiger partial charge in [0.25, 0.3) is 0 Å². The number of oxime groups is 1. The van der Waals surface area contributed by atoms with Crippen LogP contribution in [-0.4, -0.2) is 55.4 Å². The first-order chi connectivity index (χ1) is 22.1. The standard InChI is InChI=1S/C37H40N6O2/c1-27(40-45-28(2)36-25-43(41-39-36)33(26-44)22-29-12-6-3-7-13-29)18-20-42-21-19-35-32(24-42)23-34(30-14-8-4-9-15-30)37(38-35)31-16-10-5-11-17-31/h3-17,23,25,28,33,44H,18-22,24,26H2,1-2H3/b40-27+/t28-,33+/m1/s1. The van der Waals surface area contributed by atoms with Gasteiger partial charge >= 0.3 is 0 Å². The molecule has 2 aromatic heterocycles. The highest BCUT2D eigenvalue weighted by molar-refractivity contribution is 5.82. The second-order valence-electron chi connectivity index (χ2n) is 11.7. The summed E-state index contributed by atoms with van der Waals surface area (Å²) in [5.74, 6) is 0. The summed E-state index contributed by atoms with van der Waals surface area (Å²) in [6, 6.07) is 33.2. The molecule has 2 atom stereocenters. The molecular weight excluding hydrogens is 560 g/mol. The normalized spacial score (nSPS) is 15.0. The summed E-state index contributed by atoms with van der Waals surface area (Å²) in [6.45, 7) is 6.61. The topological polar surface area (TPSA) is 88.7 Å². The summed E-state index contributed by atoms with van der Waals surface area (Å²) in [4.78, 5) is 13.5.